The topological polar surface area (TPSA) is 128 Å². The molecule has 0 aliphatic carbocycles. The lowest BCUT2D eigenvalue weighted by atomic mass is 10.0. The molecule has 0 aromatic rings. The van der Waals surface area contributed by atoms with Crippen molar-refractivity contribution >= 4 is 13.7 Å². The second-order valence-electron chi connectivity index (χ2n) is 17.2. The van der Waals surface area contributed by atoms with Crippen LogP contribution in [0.3, 0.4) is 0 Å². The fourth-order valence-corrected chi connectivity index (χ4v) is 7.57. The quantitative estimate of drug-likeness (QED) is 0.0243. The highest BCUT2D eigenvalue weighted by Crippen LogP contribution is 2.38. The molecule has 10 heteroatoms. The third-order valence-corrected chi connectivity index (χ3v) is 11.6. The molecule has 0 radical (unpaired) electrons. The van der Waals surface area contributed by atoms with Crippen LogP contribution in [0.1, 0.15) is 213 Å². The van der Waals surface area contributed by atoms with Crippen LogP contribution in [0.25, 0.3) is 0 Å². The Morgan fingerprint density at radius 3 is 1.47 bits per heavy atom. The van der Waals surface area contributed by atoms with Gasteiger partial charge < -0.3 is 34.0 Å². The first kappa shape index (κ1) is 54.2. The van der Waals surface area contributed by atoms with Crippen LogP contribution in [0.15, 0.2) is 12.2 Å². The van der Waals surface area contributed by atoms with Crippen LogP contribution >= 0.6 is 7.82 Å². The van der Waals surface area contributed by atoms with Crippen molar-refractivity contribution in [1.82, 2.24) is 5.32 Å². The van der Waals surface area contributed by atoms with Crippen molar-refractivity contribution in [2.75, 3.05) is 40.9 Å². The summed E-state index contributed by atoms with van der Waals surface area (Å²) in [4.78, 5) is 25.4. The van der Waals surface area contributed by atoms with Crippen molar-refractivity contribution in [1.29, 1.82) is 0 Å². The highest BCUT2D eigenvalue weighted by Gasteiger charge is 2.29. The van der Waals surface area contributed by atoms with Gasteiger partial charge in [0.2, 0.25) is 5.91 Å². The van der Waals surface area contributed by atoms with E-state index in [1.165, 1.54) is 148 Å². The maximum absolute atomic E-state index is 12.9. The number of phosphoric ester groups is 1. The van der Waals surface area contributed by atoms with E-state index in [4.69, 9.17) is 9.05 Å². The molecular weight excluding hydrogens is 711 g/mol. The first-order chi connectivity index (χ1) is 26.4. The number of aliphatic hydroxyl groups excluding tert-OH is 2. The normalized spacial score (nSPS) is 15.0. The molecule has 0 aliphatic heterocycles. The predicted molar refractivity (Wildman–Crippen MR) is 230 cm³/mol. The molecule has 0 saturated heterocycles. The molecule has 328 valence electrons. The van der Waals surface area contributed by atoms with Crippen LogP contribution in [0.5, 0.6) is 0 Å². The first-order valence-corrected chi connectivity index (χ1v) is 24.6. The lowest BCUT2D eigenvalue weighted by molar-refractivity contribution is -0.870. The molecule has 0 spiro atoms. The SMILES string of the molecule is CCCCCCCCC/C=C/CCCC(O)C(O)C(COP(=O)([O-])OCC[N+](C)(C)C)NC(=O)CCCCCCCCCCCCCCCCCCCCC. The van der Waals surface area contributed by atoms with E-state index in [-0.39, 0.29) is 18.9 Å². The summed E-state index contributed by atoms with van der Waals surface area (Å²) in [5.41, 5.74) is 0. The van der Waals surface area contributed by atoms with E-state index in [9.17, 15) is 24.5 Å². The van der Waals surface area contributed by atoms with Gasteiger partial charge >= 0.3 is 0 Å². The van der Waals surface area contributed by atoms with Crippen molar-refractivity contribution in [3.63, 3.8) is 0 Å². The number of allylic oxidation sites excluding steroid dienone is 2. The Morgan fingerprint density at radius 2 is 1.04 bits per heavy atom. The molecule has 3 N–H and O–H groups in total. The van der Waals surface area contributed by atoms with Crippen molar-refractivity contribution in [3.8, 4) is 0 Å². The van der Waals surface area contributed by atoms with Crippen LogP contribution in [-0.2, 0) is 18.4 Å². The Hall–Kier alpha value is -0.800. The standard InChI is InChI=1S/C45H91N2O7P/c1-6-8-10-12-14-16-18-20-21-22-23-24-25-26-28-30-32-34-36-38-44(49)46-42(41-54-55(51,52)53-40-39-47(3,4)5)45(50)43(48)37-35-33-31-29-27-19-17-15-13-11-9-7-2/h29,31,42-43,45,48,50H,6-28,30,32-41H2,1-5H3,(H-,46,49,51,52)/b31-29+. The minimum atomic E-state index is -4.67. The zero-order valence-electron chi connectivity index (χ0n) is 36.8. The molecule has 9 nitrogen and oxygen atoms in total. The number of hydrogen-bond acceptors (Lipinski definition) is 7. The van der Waals surface area contributed by atoms with E-state index in [0.717, 1.165) is 32.1 Å². The molecule has 55 heavy (non-hydrogen) atoms. The van der Waals surface area contributed by atoms with Crippen LogP contribution in [0.4, 0.5) is 0 Å². The van der Waals surface area contributed by atoms with Crippen LogP contribution in [0.2, 0.25) is 0 Å². The van der Waals surface area contributed by atoms with Gasteiger partial charge in [0.15, 0.2) is 0 Å². The van der Waals surface area contributed by atoms with E-state index >= 15 is 0 Å². The van der Waals surface area contributed by atoms with Crippen LogP contribution in [0, 0.1) is 0 Å². The van der Waals surface area contributed by atoms with Gasteiger partial charge in [0.05, 0.1) is 39.9 Å². The third kappa shape index (κ3) is 38.5. The molecule has 0 saturated carbocycles. The van der Waals surface area contributed by atoms with E-state index in [0.29, 0.717) is 23.9 Å². The molecule has 0 aliphatic rings. The van der Waals surface area contributed by atoms with Crippen molar-refractivity contribution in [2.24, 2.45) is 0 Å². The molecule has 0 aromatic carbocycles. The number of rotatable bonds is 42. The first-order valence-electron chi connectivity index (χ1n) is 23.1. The van der Waals surface area contributed by atoms with Gasteiger partial charge in [-0.1, -0.05) is 180 Å². The second kappa shape index (κ2) is 37.5. The Balaban J connectivity index is 4.43. The Morgan fingerprint density at radius 1 is 0.636 bits per heavy atom. The average Bonchev–Trinajstić information content (AvgIpc) is 3.13. The number of unbranched alkanes of at least 4 members (excludes halogenated alkanes) is 26. The smallest absolute Gasteiger partial charge is 0.268 e. The summed E-state index contributed by atoms with van der Waals surface area (Å²) in [5.74, 6) is -0.285. The van der Waals surface area contributed by atoms with Gasteiger partial charge in [-0.25, -0.2) is 0 Å². The molecule has 0 bridgehead atoms. The van der Waals surface area contributed by atoms with Gasteiger partial charge in [0.1, 0.15) is 19.3 Å². The van der Waals surface area contributed by atoms with Gasteiger partial charge in [-0.2, -0.15) is 0 Å². The average molecular weight is 803 g/mol. The Kier molecular flexibility index (Phi) is 36.9. The highest BCUT2D eigenvalue weighted by molar-refractivity contribution is 7.45. The van der Waals surface area contributed by atoms with Gasteiger partial charge in [0, 0.05) is 6.42 Å². The fourth-order valence-electron chi connectivity index (χ4n) is 6.84. The third-order valence-electron chi connectivity index (χ3n) is 10.6. The number of hydrogen-bond donors (Lipinski definition) is 3. The van der Waals surface area contributed by atoms with E-state index in [1.54, 1.807) is 0 Å². The van der Waals surface area contributed by atoms with Crippen LogP contribution < -0.4 is 10.2 Å². The minimum Gasteiger partial charge on any atom is -0.756 e. The van der Waals surface area contributed by atoms with Crippen molar-refractivity contribution in [2.45, 2.75) is 231 Å². The summed E-state index contributed by atoms with van der Waals surface area (Å²) < 4.78 is 23.1. The number of amides is 1. The number of phosphoric acid groups is 1. The Labute approximate surface area is 340 Å². The van der Waals surface area contributed by atoms with Crippen LogP contribution in [-0.4, -0.2) is 79.8 Å². The summed E-state index contributed by atoms with van der Waals surface area (Å²) >= 11 is 0. The number of nitrogens with one attached hydrogen (secondary N) is 1. The fraction of sp³-hybridized carbons (Fsp3) is 0.933. The Bertz CT molecular complexity index is 929. The molecule has 0 rings (SSSR count). The molecule has 4 atom stereocenters. The van der Waals surface area contributed by atoms with Crippen molar-refractivity contribution < 1.29 is 38.0 Å². The summed E-state index contributed by atoms with van der Waals surface area (Å²) in [5, 5.41) is 24.6. The molecular formula is C45H91N2O7P. The number of aliphatic hydroxyl groups is 2. The summed E-state index contributed by atoms with van der Waals surface area (Å²) in [7, 11) is 1.12. The lowest BCUT2D eigenvalue weighted by Gasteiger charge is -2.31. The summed E-state index contributed by atoms with van der Waals surface area (Å²) in [6, 6.07) is -1.08. The second-order valence-corrected chi connectivity index (χ2v) is 18.7. The minimum absolute atomic E-state index is 0.0433. The number of quaternary nitrogens is 1. The van der Waals surface area contributed by atoms with E-state index < -0.39 is 32.7 Å². The zero-order chi connectivity index (χ0) is 40.9. The van der Waals surface area contributed by atoms with Gasteiger partial charge in [-0.05, 0) is 38.5 Å². The number of likely N-dealkylation sites (N-methyl/N-ethyl adjacent to an activating group) is 1. The summed E-state index contributed by atoms with van der Waals surface area (Å²) in [6.45, 7) is 4.42. The lowest BCUT2D eigenvalue weighted by Crippen LogP contribution is -2.51. The maximum atomic E-state index is 12.9. The molecule has 0 heterocycles. The van der Waals surface area contributed by atoms with E-state index in [1.807, 2.05) is 21.1 Å². The van der Waals surface area contributed by atoms with Crippen molar-refractivity contribution in [3.05, 3.63) is 12.2 Å². The predicted octanol–water partition coefficient (Wildman–Crippen LogP) is 11.1. The van der Waals surface area contributed by atoms with Gasteiger partial charge in [0.25, 0.3) is 7.82 Å². The van der Waals surface area contributed by atoms with E-state index in [2.05, 4.69) is 31.3 Å². The van der Waals surface area contributed by atoms with Gasteiger partial charge in [-0.3, -0.25) is 9.36 Å². The number of nitrogens with zero attached hydrogens (tertiary/aromatic N) is 1. The molecule has 1 amide bonds. The monoisotopic (exact) mass is 803 g/mol. The number of carbonyl (C=O) groups is 1. The molecule has 0 aromatic heterocycles. The molecule has 0 fully saturated rings. The molecule has 4 unspecified atom stereocenters. The highest BCUT2D eigenvalue weighted by atomic mass is 31.2. The zero-order valence-corrected chi connectivity index (χ0v) is 37.7. The van der Waals surface area contributed by atoms with Gasteiger partial charge in [-0.15, -0.1) is 0 Å². The maximum Gasteiger partial charge on any atom is 0.268 e. The summed E-state index contributed by atoms with van der Waals surface area (Å²) in [6.07, 6.45) is 38.2. The largest absolute Gasteiger partial charge is 0.756 e. The number of carbonyl (C=O) groups excluding carboxylic acids is 1.